The lowest BCUT2D eigenvalue weighted by Crippen LogP contribution is -2.22. The molecule has 0 aromatic heterocycles. The summed E-state index contributed by atoms with van der Waals surface area (Å²) in [6, 6.07) is 7.67. The van der Waals surface area contributed by atoms with Crippen molar-refractivity contribution in [3.8, 4) is 0 Å². The second kappa shape index (κ2) is 4.01. The van der Waals surface area contributed by atoms with Crippen LogP contribution in [0.4, 0.5) is 13.2 Å². The zero-order valence-corrected chi connectivity index (χ0v) is 7.44. The molecule has 1 aromatic rings. The second-order valence-electron chi connectivity index (χ2n) is 2.66. The van der Waals surface area contributed by atoms with Crippen molar-refractivity contribution in [3.05, 3.63) is 35.9 Å². The number of hydrogen-bond acceptors (Lipinski definition) is 0. The Balaban J connectivity index is 2.92. The van der Waals surface area contributed by atoms with E-state index < -0.39 is 18.0 Å². The van der Waals surface area contributed by atoms with Gasteiger partial charge in [-0.25, -0.2) is 0 Å². The molecule has 0 unspecified atom stereocenters. The van der Waals surface area contributed by atoms with Gasteiger partial charge in [0, 0.05) is 5.88 Å². The van der Waals surface area contributed by atoms with Gasteiger partial charge in [-0.2, -0.15) is 13.2 Å². The Bertz CT molecular complexity index is 255. The van der Waals surface area contributed by atoms with E-state index >= 15 is 0 Å². The quantitative estimate of drug-likeness (QED) is 0.652. The summed E-state index contributed by atoms with van der Waals surface area (Å²) in [5.41, 5.74) is 0.213. The highest BCUT2D eigenvalue weighted by atomic mass is 35.5. The number of benzene rings is 1. The summed E-state index contributed by atoms with van der Waals surface area (Å²) in [7, 11) is 0. The first kappa shape index (κ1) is 10.4. The van der Waals surface area contributed by atoms with E-state index in [1.807, 2.05) is 0 Å². The topological polar surface area (TPSA) is 0 Å². The van der Waals surface area contributed by atoms with Crippen molar-refractivity contribution in [1.29, 1.82) is 0 Å². The fraction of sp³-hybridized carbons (Fsp3) is 0.333. The molecule has 0 aliphatic heterocycles. The zero-order chi connectivity index (χ0) is 9.90. The predicted molar refractivity (Wildman–Crippen MR) is 46.0 cm³/mol. The van der Waals surface area contributed by atoms with Gasteiger partial charge in [0.25, 0.3) is 0 Å². The zero-order valence-electron chi connectivity index (χ0n) is 6.68. The maximum absolute atomic E-state index is 12.3. The SMILES string of the molecule is FC(F)(F)[C@@H](CCl)c1ccccc1. The average molecular weight is 209 g/mol. The fourth-order valence-electron chi connectivity index (χ4n) is 1.05. The van der Waals surface area contributed by atoms with E-state index in [1.165, 1.54) is 12.1 Å². The molecule has 1 rings (SSSR count). The van der Waals surface area contributed by atoms with Crippen LogP contribution in [-0.4, -0.2) is 12.1 Å². The van der Waals surface area contributed by atoms with Gasteiger partial charge < -0.3 is 0 Å². The molecule has 0 nitrogen and oxygen atoms in total. The number of alkyl halides is 4. The number of hydrogen-bond donors (Lipinski definition) is 0. The molecule has 0 radical (unpaired) electrons. The minimum atomic E-state index is -4.26. The van der Waals surface area contributed by atoms with E-state index in [0.29, 0.717) is 0 Å². The Morgan fingerprint density at radius 3 is 2.08 bits per heavy atom. The lowest BCUT2D eigenvalue weighted by atomic mass is 10.0. The van der Waals surface area contributed by atoms with Crippen molar-refractivity contribution in [2.24, 2.45) is 0 Å². The van der Waals surface area contributed by atoms with Crippen molar-refractivity contribution in [2.45, 2.75) is 12.1 Å². The van der Waals surface area contributed by atoms with E-state index in [1.54, 1.807) is 18.2 Å². The Labute approximate surface area is 79.3 Å². The minimum Gasteiger partial charge on any atom is -0.170 e. The molecular weight excluding hydrogens is 201 g/mol. The van der Waals surface area contributed by atoms with Crippen LogP contribution < -0.4 is 0 Å². The van der Waals surface area contributed by atoms with Crippen LogP contribution in [0, 0.1) is 0 Å². The highest BCUT2D eigenvalue weighted by Gasteiger charge is 2.39. The summed E-state index contributed by atoms with van der Waals surface area (Å²) in [6.07, 6.45) is -4.26. The normalized spacial score (nSPS) is 14.2. The number of rotatable bonds is 2. The summed E-state index contributed by atoms with van der Waals surface area (Å²) < 4.78 is 37.0. The molecule has 1 atom stereocenters. The van der Waals surface area contributed by atoms with E-state index in [2.05, 4.69) is 0 Å². The van der Waals surface area contributed by atoms with Gasteiger partial charge in [-0.05, 0) is 5.56 Å². The molecule has 0 bridgehead atoms. The summed E-state index contributed by atoms with van der Waals surface area (Å²) in [5, 5.41) is 0. The minimum absolute atomic E-state index is 0.213. The lowest BCUT2D eigenvalue weighted by molar-refractivity contribution is -0.145. The third-order valence-electron chi connectivity index (χ3n) is 1.75. The molecule has 0 aliphatic carbocycles. The first-order chi connectivity index (χ1) is 6.05. The van der Waals surface area contributed by atoms with Crippen LogP contribution >= 0.6 is 11.6 Å². The van der Waals surface area contributed by atoms with Crippen molar-refractivity contribution in [3.63, 3.8) is 0 Å². The fourth-order valence-corrected chi connectivity index (χ4v) is 1.40. The van der Waals surface area contributed by atoms with E-state index in [4.69, 9.17) is 11.6 Å². The molecule has 1 aromatic carbocycles. The van der Waals surface area contributed by atoms with Gasteiger partial charge in [-0.15, -0.1) is 11.6 Å². The first-order valence-corrected chi connectivity index (χ1v) is 4.27. The molecule has 0 fully saturated rings. The van der Waals surface area contributed by atoms with Crippen molar-refractivity contribution >= 4 is 11.6 Å². The van der Waals surface area contributed by atoms with Crippen LogP contribution in [-0.2, 0) is 0 Å². The highest BCUT2D eigenvalue weighted by molar-refractivity contribution is 6.18. The van der Waals surface area contributed by atoms with Gasteiger partial charge in [-0.1, -0.05) is 30.3 Å². The summed E-state index contributed by atoms with van der Waals surface area (Å²) in [6.45, 7) is 0. The average Bonchev–Trinajstić information content (AvgIpc) is 2.05. The standard InChI is InChI=1S/C9H8ClF3/c10-6-8(9(11,12)13)7-4-2-1-3-5-7/h1-5,8H,6H2/t8-/m0/s1. The van der Waals surface area contributed by atoms with Crippen LogP contribution in [0.1, 0.15) is 11.5 Å². The van der Waals surface area contributed by atoms with Crippen molar-refractivity contribution in [2.75, 3.05) is 5.88 Å². The molecule has 0 amide bonds. The van der Waals surface area contributed by atoms with Crippen molar-refractivity contribution < 1.29 is 13.2 Å². The summed E-state index contributed by atoms with van der Waals surface area (Å²) in [5.74, 6) is -2.00. The molecule has 0 aliphatic rings. The maximum atomic E-state index is 12.3. The first-order valence-electron chi connectivity index (χ1n) is 3.73. The predicted octanol–water partition coefficient (Wildman–Crippen LogP) is 3.57. The summed E-state index contributed by atoms with van der Waals surface area (Å²) >= 11 is 5.27. The Morgan fingerprint density at radius 1 is 1.15 bits per heavy atom. The smallest absolute Gasteiger partial charge is 0.170 e. The summed E-state index contributed by atoms with van der Waals surface area (Å²) in [4.78, 5) is 0. The third kappa shape index (κ3) is 2.62. The Hall–Kier alpha value is -0.700. The molecule has 0 heterocycles. The van der Waals surface area contributed by atoms with Gasteiger partial charge in [0.1, 0.15) is 0 Å². The molecular formula is C9H8ClF3. The highest BCUT2D eigenvalue weighted by Crippen LogP contribution is 2.35. The van der Waals surface area contributed by atoms with Crippen LogP contribution in [0.2, 0.25) is 0 Å². The monoisotopic (exact) mass is 208 g/mol. The molecule has 0 saturated carbocycles. The molecule has 13 heavy (non-hydrogen) atoms. The van der Waals surface area contributed by atoms with Gasteiger partial charge in [0.15, 0.2) is 0 Å². The maximum Gasteiger partial charge on any atom is 0.396 e. The third-order valence-corrected chi connectivity index (χ3v) is 2.06. The van der Waals surface area contributed by atoms with Gasteiger partial charge in [-0.3, -0.25) is 0 Å². The number of halogens is 4. The van der Waals surface area contributed by atoms with E-state index in [9.17, 15) is 13.2 Å². The molecule has 72 valence electrons. The largest absolute Gasteiger partial charge is 0.396 e. The Kier molecular flexibility index (Phi) is 3.20. The van der Waals surface area contributed by atoms with Crippen LogP contribution in [0.15, 0.2) is 30.3 Å². The van der Waals surface area contributed by atoms with Crippen molar-refractivity contribution in [1.82, 2.24) is 0 Å². The molecule has 0 spiro atoms. The van der Waals surface area contributed by atoms with Crippen LogP contribution in [0.3, 0.4) is 0 Å². The molecule has 0 N–H and O–H groups in total. The molecule has 4 heteroatoms. The van der Waals surface area contributed by atoms with E-state index in [0.717, 1.165) is 0 Å². The van der Waals surface area contributed by atoms with Gasteiger partial charge in [0.2, 0.25) is 0 Å². The molecule has 0 saturated heterocycles. The lowest BCUT2D eigenvalue weighted by Gasteiger charge is -2.17. The van der Waals surface area contributed by atoms with Crippen LogP contribution in [0.25, 0.3) is 0 Å². The second-order valence-corrected chi connectivity index (χ2v) is 2.97. The van der Waals surface area contributed by atoms with E-state index in [-0.39, 0.29) is 5.56 Å². The van der Waals surface area contributed by atoms with Gasteiger partial charge >= 0.3 is 6.18 Å². The van der Waals surface area contributed by atoms with Gasteiger partial charge in [0.05, 0.1) is 5.92 Å². The Morgan fingerprint density at radius 2 is 1.69 bits per heavy atom. The van der Waals surface area contributed by atoms with Crippen LogP contribution in [0.5, 0.6) is 0 Å².